The lowest BCUT2D eigenvalue weighted by Crippen LogP contribution is -2.22. The van der Waals surface area contributed by atoms with Crippen LogP contribution in [0.25, 0.3) is 5.69 Å². The zero-order valence-electron chi connectivity index (χ0n) is 13.2. The number of benzene rings is 1. The van der Waals surface area contributed by atoms with Gasteiger partial charge in [0.2, 0.25) is 11.9 Å². The van der Waals surface area contributed by atoms with Crippen molar-refractivity contribution in [2.45, 2.75) is 11.7 Å². The summed E-state index contributed by atoms with van der Waals surface area (Å²) in [4.78, 5) is 12.4. The number of hydrogen-bond donors (Lipinski definition) is 2. The minimum absolute atomic E-state index is 0.0696. The SMILES string of the molecule is CSc1nnc(N)n1CC(=O)Nc1c(C#N)cnn1-c1ccccc1. The maximum absolute atomic E-state index is 12.4. The molecule has 0 atom stereocenters. The maximum Gasteiger partial charge on any atom is 0.245 e. The Morgan fingerprint density at radius 1 is 1.36 bits per heavy atom. The third-order valence-electron chi connectivity index (χ3n) is 3.38. The molecule has 10 heteroatoms. The number of carbonyl (C=O) groups is 1. The van der Waals surface area contributed by atoms with Crippen LogP contribution in [0, 0.1) is 11.3 Å². The quantitative estimate of drug-likeness (QED) is 0.661. The number of nitrogens with one attached hydrogen (secondary N) is 1. The molecule has 0 radical (unpaired) electrons. The Balaban J connectivity index is 1.88. The van der Waals surface area contributed by atoms with E-state index in [2.05, 4.69) is 20.6 Å². The van der Waals surface area contributed by atoms with Crippen LogP contribution < -0.4 is 11.1 Å². The summed E-state index contributed by atoms with van der Waals surface area (Å²) in [6.45, 7) is -0.0696. The molecule has 1 aromatic carbocycles. The monoisotopic (exact) mass is 354 g/mol. The summed E-state index contributed by atoms with van der Waals surface area (Å²) in [7, 11) is 0. The molecule has 3 rings (SSSR count). The van der Waals surface area contributed by atoms with Gasteiger partial charge >= 0.3 is 0 Å². The molecule has 3 aromatic rings. The van der Waals surface area contributed by atoms with Gasteiger partial charge in [-0.05, 0) is 18.4 Å². The van der Waals surface area contributed by atoms with Gasteiger partial charge in [0.15, 0.2) is 11.0 Å². The lowest BCUT2D eigenvalue weighted by atomic mass is 10.3. The summed E-state index contributed by atoms with van der Waals surface area (Å²) < 4.78 is 3.00. The lowest BCUT2D eigenvalue weighted by molar-refractivity contribution is -0.116. The molecule has 25 heavy (non-hydrogen) atoms. The second-order valence-corrected chi connectivity index (χ2v) is 5.72. The number of carbonyl (C=O) groups excluding carboxylic acids is 1. The third-order valence-corrected chi connectivity index (χ3v) is 4.05. The summed E-state index contributed by atoms with van der Waals surface area (Å²) in [6.07, 6.45) is 3.22. The number of anilines is 2. The topological polar surface area (TPSA) is 127 Å². The highest BCUT2D eigenvalue weighted by Crippen LogP contribution is 2.20. The number of nitrogens with zero attached hydrogens (tertiary/aromatic N) is 6. The van der Waals surface area contributed by atoms with Crippen LogP contribution in [0.4, 0.5) is 11.8 Å². The fraction of sp³-hybridized carbons (Fsp3) is 0.133. The van der Waals surface area contributed by atoms with Gasteiger partial charge in [0.25, 0.3) is 0 Å². The number of hydrogen-bond acceptors (Lipinski definition) is 7. The lowest BCUT2D eigenvalue weighted by Gasteiger charge is -2.11. The summed E-state index contributed by atoms with van der Waals surface area (Å²) in [5.41, 5.74) is 6.73. The van der Waals surface area contributed by atoms with E-state index in [1.807, 2.05) is 42.7 Å². The molecule has 0 spiro atoms. The number of nitrogen functional groups attached to an aromatic ring is 1. The van der Waals surface area contributed by atoms with E-state index in [1.54, 1.807) is 0 Å². The highest BCUT2D eigenvalue weighted by atomic mass is 32.2. The standard InChI is InChI=1S/C15H14N8OS/c1-25-15-21-20-14(17)22(15)9-12(24)19-13-10(7-16)8-18-23(13)11-5-3-2-4-6-11/h2-6,8H,9H2,1H3,(H2,17,20)(H,19,24). The maximum atomic E-state index is 12.4. The van der Waals surface area contributed by atoms with Crippen LogP contribution in [0.1, 0.15) is 5.56 Å². The number of amides is 1. The molecule has 0 saturated heterocycles. The largest absolute Gasteiger partial charge is 0.368 e. The molecule has 9 nitrogen and oxygen atoms in total. The first-order valence-corrected chi connectivity index (χ1v) is 8.42. The highest BCUT2D eigenvalue weighted by Gasteiger charge is 2.17. The van der Waals surface area contributed by atoms with Gasteiger partial charge in [-0.15, -0.1) is 10.2 Å². The molecule has 0 bridgehead atoms. The van der Waals surface area contributed by atoms with Crippen molar-refractivity contribution >= 4 is 29.4 Å². The second kappa shape index (κ2) is 7.06. The Bertz CT molecular complexity index is 940. The predicted octanol–water partition coefficient (Wildman–Crippen LogP) is 1.28. The van der Waals surface area contributed by atoms with Crippen molar-refractivity contribution in [3.63, 3.8) is 0 Å². The van der Waals surface area contributed by atoms with E-state index in [9.17, 15) is 10.1 Å². The first-order valence-electron chi connectivity index (χ1n) is 7.20. The van der Waals surface area contributed by atoms with E-state index in [0.29, 0.717) is 11.0 Å². The van der Waals surface area contributed by atoms with E-state index in [4.69, 9.17) is 5.73 Å². The second-order valence-electron chi connectivity index (χ2n) is 4.95. The van der Waals surface area contributed by atoms with E-state index < -0.39 is 0 Å². The van der Waals surface area contributed by atoms with Gasteiger partial charge in [-0.2, -0.15) is 10.4 Å². The number of rotatable bonds is 5. The van der Waals surface area contributed by atoms with Crippen molar-refractivity contribution in [3.8, 4) is 11.8 Å². The van der Waals surface area contributed by atoms with E-state index >= 15 is 0 Å². The predicted molar refractivity (Wildman–Crippen MR) is 93.1 cm³/mol. The molecule has 1 amide bonds. The number of para-hydroxylation sites is 1. The van der Waals surface area contributed by atoms with Gasteiger partial charge in [-0.1, -0.05) is 30.0 Å². The number of nitrogens with two attached hydrogens (primary N) is 1. The molecule has 2 heterocycles. The molecule has 0 aliphatic carbocycles. The normalized spacial score (nSPS) is 10.4. The Morgan fingerprint density at radius 2 is 2.12 bits per heavy atom. The van der Waals surface area contributed by atoms with Gasteiger partial charge < -0.3 is 11.1 Å². The van der Waals surface area contributed by atoms with Crippen LogP contribution in [0.15, 0.2) is 41.7 Å². The molecular formula is C15H14N8OS. The van der Waals surface area contributed by atoms with Gasteiger partial charge in [-0.25, -0.2) is 4.68 Å². The van der Waals surface area contributed by atoms with E-state index in [-0.39, 0.29) is 24.0 Å². The Labute approximate surface area is 147 Å². The van der Waals surface area contributed by atoms with Gasteiger partial charge in [0.1, 0.15) is 18.2 Å². The molecule has 3 N–H and O–H groups in total. The molecule has 2 aromatic heterocycles. The number of thioether (sulfide) groups is 1. The van der Waals surface area contributed by atoms with Crippen molar-refractivity contribution in [1.29, 1.82) is 5.26 Å². The molecule has 126 valence electrons. The van der Waals surface area contributed by atoms with Crippen LogP contribution in [0.2, 0.25) is 0 Å². The fourth-order valence-corrected chi connectivity index (χ4v) is 2.73. The van der Waals surface area contributed by atoms with Crippen molar-refractivity contribution in [3.05, 3.63) is 42.1 Å². The van der Waals surface area contributed by atoms with Crippen molar-refractivity contribution < 1.29 is 4.79 Å². The van der Waals surface area contributed by atoms with Crippen LogP contribution in [-0.4, -0.2) is 36.7 Å². The summed E-state index contributed by atoms with van der Waals surface area (Å²) >= 11 is 1.33. The summed E-state index contributed by atoms with van der Waals surface area (Å²) in [6, 6.07) is 11.2. The molecular weight excluding hydrogens is 340 g/mol. The Hall–Kier alpha value is -3.32. The average Bonchev–Trinajstić information content (AvgIpc) is 3.19. The molecule has 0 aliphatic heterocycles. The average molecular weight is 354 g/mol. The fourth-order valence-electron chi connectivity index (χ4n) is 2.23. The number of nitriles is 1. The zero-order chi connectivity index (χ0) is 17.8. The number of aromatic nitrogens is 5. The Morgan fingerprint density at radius 3 is 2.80 bits per heavy atom. The first-order chi connectivity index (χ1) is 12.1. The van der Waals surface area contributed by atoms with Gasteiger partial charge in [-0.3, -0.25) is 9.36 Å². The first kappa shape index (κ1) is 16.5. The van der Waals surface area contributed by atoms with Crippen LogP contribution in [0.5, 0.6) is 0 Å². The summed E-state index contributed by atoms with van der Waals surface area (Å²) in [5.74, 6) is 0.0867. The smallest absolute Gasteiger partial charge is 0.245 e. The van der Waals surface area contributed by atoms with Crippen molar-refractivity contribution in [1.82, 2.24) is 24.5 Å². The molecule has 0 aliphatic rings. The van der Waals surface area contributed by atoms with Gasteiger partial charge in [0.05, 0.1) is 11.9 Å². The molecule has 0 unspecified atom stereocenters. The minimum atomic E-state index is -0.365. The van der Waals surface area contributed by atoms with Gasteiger partial charge in [0, 0.05) is 0 Å². The van der Waals surface area contributed by atoms with E-state index in [0.717, 1.165) is 5.69 Å². The molecule has 0 fully saturated rings. The third kappa shape index (κ3) is 3.31. The minimum Gasteiger partial charge on any atom is -0.368 e. The van der Waals surface area contributed by atoms with Crippen LogP contribution in [-0.2, 0) is 11.3 Å². The van der Waals surface area contributed by atoms with Crippen molar-refractivity contribution in [2.75, 3.05) is 17.3 Å². The summed E-state index contributed by atoms with van der Waals surface area (Å²) in [5, 5.41) is 24.3. The van der Waals surface area contributed by atoms with Crippen LogP contribution >= 0.6 is 11.8 Å². The van der Waals surface area contributed by atoms with Crippen LogP contribution in [0.3, 0.4) is 0 Å². The zero-order valence-corrected chi connectivity index (χ0v) is 14.1. The highest BCUT2D eigenvalue weighted by molar-refractivity contribution is 7.98. The van der Waals surface area contributed by atoms with E-state index in [1.165, 1.54) is 27.2 Å². The Kier molecular flexibility index (Phi) is 4.67. The van der Waals surface area contributed by atoms with Crippen molar-refractivity contribution in [2.24, 2.45) is 0 Å². The molecule has 0 saturated carbocycles.